The van der Waals surface area contributed by atoms with Gasteiger partial charge in [-0.1, -0.05) is 56.7 Å². The first kappa shape index (κ1) is 89.4. The molecule has 0 bridgehead atoms. The number of unbranched alkanes of at least 4 members (excludes halogenated alkanes) is 1. The molecule has 1 saturated heterocycles. The van der Waals surface area contributed by atoms with Gasteiger partial charge in [-0.15, -0.1) is 0 Å². The van der Waals surface area contributed by atoms with Crippen LogP contribution in [0.2, 0.25) is 0 Å². The fraction of sp³-hybridized carbons (Fsp3) is 0.529. The van der Waals surface area contributed by atoms with E-state index >= 15 is 0 Å². The van der Waals surface area contributed by atoms with Gasteiger partial charge in [0, 0.05) is 32.5 Å². The molecule has 0 aliphatic carbocycles. The number of nitrogens with one attached hydrogen (secondary N) is 10. The summed E-state index contributed by atoms with van der Waals surface area (Å²) in [6.07, 6.45) is 1.30. The number of aromatic hydroxyl groups is 3. The van der Waals surface area contributed by atoms with Gasteiger partial charge in [-0.3, -0.25) is 67.5 Å². The third kappa shape index (κ3) is 31.6. The quantitative estimate of drug-likeness (QED) is 0.0147. The summed E-state index contributed by atoms with van der Waals surface area (Å²) in [4.78, 5) is 189. The molecule has 37 nitrogen and oxygen atoms in total. The number of rotatable bonds is 47. The Labute approximate surface area is 629 Å². The number of aliphatic carboxylic acids is 2. The Balaban J connectivity index is 1.58. The maximum atomic E-state index is 15.0. The molecule has 3 aromatic carbocycles. The van der Waals surface area contributed by atoms with E-state index < -0.39 is 162 Å². The molecule has 0 radical (unpaired) electrons. The normalized spacial score (nSPS) is 15.5. The Morgan fingerprint density at radius 3 is 1.49 bits per heavy atom. The Kier molecular flexibility index (Phi) is 38.2. The van der Waals surface area contributed by atoms with Crippen LogP contribution < -0.4 is 87.6 Å². The van der Waals surface area contributed by atoms with Crippen LogP contribution in [0.4, 0.5) is 0 Å². The van der Waals surface area contributed by atoms with Crippen LogP contribution in [0.15, 0.2) is 82.8 Å². The monoisotopic (exact) mass is 1530 g/mol. The third-order valence-electron chi connectivity index (χ3n) is 17.5. The Hall–Kier alpha value is -11.0. The van der Waals surface area contributed by atoms with Gasteiger partial charge in [0.1, 0.15) is 77.7 Å². The molecule has 594 valence electrons. The Bertz CT molecular complexity index is 3590. The number of benzene rings is 3. The molecule has 12 atom stereocenters. The highest BCUT2D eigenvalue weighted by atomic mass is 32.2. The van der Waals surface area contributed by atoms with Crippen molar-refractivity contribution in [3.63, 3.8) is 0 Å². The Morgan fingerprint density at radius 2 is 0.981 bits per heavy atom. The van der Waals surface area contributed by atoms with Crippen LogP contribution in [-0.4, -0.2) is 230 Å². The second-order valence-electron chi connectivity index (χ2n) is 26.1. The van der Waals surface area contributed by atoms with Gasteiger partial charge in [0.15, 0.2) is 11.9 Å². The van der Waals surface area contributed by atoms with E-state index in [0.717, 1.165) is 4.90 Å². The number of carbonyl (C=O) groups excluding carboxylic acids is 11. The molecular weight excluding hydrogens is 1430 g/mol. The molecule has 0 unspecified atom stereocenters. The van der Waals surface area contributed by atoms with E-state index in [1.165, 1.54) is 79.3 Å². The lowest BCUT2D eigenvalue weighted by Crippen LogP contribution is -2.61. The molecular formula is C70H105N19O18S. The summed E-state index contributed by atoms with van der Waals surface area (Å²) in [6, 6.07) is 1.63. The number of aliphatic imine (C=N–C) groups is 2. The van der Waals surface area contributed by atoms with Crippen molar-refractivity contribution in [1.82, 2.24) is 58.1 Å². The summed E-state index contributed by atoms with van der Waals surface area (Å²) < 4.78 is 0. The van der Waals surface area contributed by atoms with Crippen LogP contribution in [0.1, 0.15) is 115 Å². The van der Waals surface area contributed by atoms with Gasteiger partial charge >= 0.3 is 11.9 Å². The smallest absolute Gasteiger partial charge is 0.326 e. The summed E-state index contributed by atoms with van der Waals surface area (Å²) in [5.41, 5.74) is 35.8. The van der Waals surface area contributed by atoms with Gasteiger partial charge in [-0.25, -0.2) is 4.79 Å². The number of hydrogen-bond donors (Lipinski definition) is 21. The number of carboxylic acids is 2. The number of likely N-dealkylation sites (tertiary alicyclic amines) is 1. The molecule has 11 amide bonds. The van der Waals surface area contributed by atoms with Crippen molar-refractivity contribution in [3.05, 3.63) is 89.5 Å². The number of amides is 11. The van der Waals surface area contributed by atoms with Gasteiger partial charge in [-0.2, -0.15) is 11.8 Å². The number of nitrogens with two attached hydrogens (primary N) is 6. The molecule has 1 aliphatic heterocycles. The zero-order chi connectivity index (χ0) is 80.2. The summed E-state index contributed by atoms with van der Waals surface area (Å²) in [7, 11) is 0. The van der Waals surface area contributed by atoms with Crippen molar-refractivity contribution in [3.8, 4) is 17.2 Å². The molecule has 1 heterocycles. The van der Waals surface area contributed by atoms with Crippen LogP contribution in [0, 0.1) is 5.92 Å². The molecule has 1 fully saturated rings. The average molecular weight is 1530 g/mol. The number of carbonyl (C=O) groups is 13. The topological polar surface area (TPSA) is 627 Å². The van der Waals surface area contributed by atoms with Crippen LogP contribution in [-0.2, 0) is 81.6 Å². The minimum Gasteiger partial charge on any atom is -0.508 e. The zero-order valence-electron chi connectivity index (χ0n) is 61.0. The van der Waals surface area contributed by atoms with Crippen molar-refractivity contribution in [2.45, 2.75) is 184 Å². The zero-order valence-corrected chi connectivity index (χ0v) is 61.8. The lowest BCUT2D eigenvalue weighted by Gasteiger charge is -2.31. The SMILES string of the molecule is CC[C@H](C)[C@H](NC(=O)[C@H](CCCN=C(N)N)NC(=O)[C@H](C)NC(=O)CNC(=O)[C@H](Cc1ccc(O)cc1)NC(=O)[C@@H](N)Cc1ccc(O)cc1)C(=O)N[C@@H](Cc1ccc(O)cc1)C(=O)N[C@@H](CCCN=C(N)N)C(=O)N1CCC[C@@H]1C(=O)N[C@@H](CC(=O)O)C(=O)N[C@@H](CCCCN)C(=O)N[C@@H](CCSC)C(=O)O. The van der Waals surface area contributed by atoms with Gasteiger partial charge < -0.3 is 118 Å². The maximum absolute atomic E-state index is 15.0. The highest BCUT2D eigenvalue weighted by molar-refractivity contribution is 7.98. The molecule has 108 heavy (non-hydrogen) atoms. The lowest BCUT2D eigenvalue weighted by atomic mass is 9.96. The number of hydrogen-bond acceptors (Lipinski definition) is 21. The van der Waals surface area contributed by atoms with E-state index in [-0.39, 0.29) is 139 Å². The highest BCUT2D eigenvalue weighted by Crippen LogP contribution is 2.22. The van der Waals surface area contributed by atoms with E-state index in [9.17, 15) is 87.9 Å². The number of guanidine groups is 2. The van der Waals surface area contributed by atoms with Crippen molar-refractivity contribution >= 4 is 101 Å². The van der Waals surface area contributed by atoms with E-state index in [1.807, 2.05) is 0 Å². The van der Waals surface area contributed by atoms with E-state index in [1.54, 1.807) is 32.2 Å². The first-order chi connectivity index (χ1) is 51.2. The summed E-state index contributed by atoms with van der Waals surface area (Å²) in [5, 5.41) is 75.0. The summed E-state index contributed by atoms with van der Waals surface area (Å²) in [5.74, 6) is -13.9. The second-order valence-corrected chi connectivity index (χ2v) is 27.1. The van der Waals surface area contributed by atoms with E-state index in [4.69, 9.17) is 34.4 Å². The number of phenolic OH excluding ortho intramolecular Hbond substituents is 3. The second kappa shape index (κ2) is 46.1. The number of thioether (sulfide) groups is 1. The standard InChI is InChI=1S/C70H105N19O18S/c1-5-38(2)57(88-62(100)48(12-8-29-77-69(73)74)81-58(96)39(3)80-55(93)37-79-60(98)51(34-41-17-23-44(91)24-18-41)85-59(97)46(72)33-40-15-21-43(90)22-16-40)66(104)87-52(35-42-19-25-45(92)26-20-42)63(101)83-49(13-9-30-78-70(75)76)67(105)89-31-10-14-54(89)65(103)86-53(36-56(94)95)64(102)82-47(11-6-7-28-71)61(99)84-50(68(106)107)27-32-108-4/h15-26,38-39,46-54,57,90-92H,5-14,27-37,71-72H2,1-4H3,(H,79,98)(H,80,93)(H,81,96)(H,82,102)(H,83,101)(H,84,99)(H,85,97)(H,86,103)(H,87,104)(H,88,100)(H,94,95)(H,106,107)(H4,73,74,77)(H4,75,76,78)/t38-,39-,46-,47-,48-,49-,50-,51-,52-,53-,54+,57-/m0/s1. The maximum Gasteiger partial charge on any atom is 0.326 e. The largest absolute Gasteiger partial charge is 0.508 e. The van der Waals surface area contributed by atoms with Crippen LogP contribution in [0.5, 0.6) is 17.2 Å². The van der Waals surface area contributed by atoms with Crippen LogP contribution in [0.25, 0.3) is 0 Å². The van der Waals surface area contributed by atoms with Crippen molar-refractivity contribution in [2.75, 3.05) is 44.7 Å². The first-order valence-electron chi connectivity index (χ1n) is 35.4. The number of phenols is 3. The molecule has 0 aromatic heterocycles. The van der Waals surface area contributed by atoms with Crippen LogP contribution >= 0.6 is 11.8 Å². The van der Waals surface area contributed by atoms with Gasteiger partial charge in [0.05, 0.1) is 19.0 Å². The van der Waals surface area contributed by atoms with E-state index in [0.29, 0.717) is 28.9 Å². The molecule has 0 saturated carbocycles. The number of carboxylic acid groups (broad SMARTS) is 2. The fourth-order valence-corrected chi connectivity index (χ4v) is 11.8. The van der Waals surface area contributed by atoms with Crippen molar-refractivity contribution in [1.29, 1.82) is 0 Å². The summed E-state index contributed by atoms with van der Waals surface area (Å²) >= 11 is 1.34. The molecule has 3 aromatic rings. The first-order valence-corrected chi connectivity index (χ1v) is 36.8. The highest BCUT2D eigenvalue weighted by Gasteiger charge is 2.41. The van der Waals surface area contributed by atoms with Gasteiger partial charge in [0.25, 0.3) is 0 Å². The molecule has 27 N–H and O–H groups in total. The van der Waals surface area contributed by atoms with Crippen LogP contribution in [0.3, 0.4) is 0 Å². The predicted molar refractivity (Wildman–Crippen MR) is 399 cm³/mol. The van der Waals surface area contributed by atoms with Gasteiger partial charge in [-0.05, 0) is 155 Å². The number of nitrogens with zero attached hydrogens (tertiary/aromatic N) is 3. The molecule has 38 heteroatoms. The third-order valence-corrected chi connectivity index (χ3v) is 18.2. The fourth-order valence-electron chi connectivity index (χ4n) is 11.3. The lowest BCUT2D eigenvalue weighted by molar-refractivity contribution is -0.144. The van der Waals surface area contributed by atoms with Gasteiger partial charge in [0.2, 0.25) is 65.0 Å². The summed E-state index contributed by atoms with van der Waals surface area (Å²) in [6.45, 7) is 3.97. The van der Waals surface area contributed by atoms with Crippen molar-refractivity contribution in [2.24, 2.45) is 50.3 Å². The molecule has 1 aliphatic rings. The molecule has 0 spiro atoms. The predicted octanol–water partition coefficient (Wildman–Crippen LogP) is -3.76. The minimum atomic E-state index is -1.83. The average Bonchev–Trinajstić information content (AvgIpc) is 1.59. The molecule has 4 rings (SSSR count). The minimum absolute atomic E-state index is 0.00104. The Morgan fingerprint density at radius 1 is 0.528 bits per heavy atom. The van der Waals surface area contributed by atoms with E-state index in [2.05, 4.69) is 63.2 Å². The van der Waals surface area contributed by atoms with Crippen molar-refractivity contribution < 1.29 is 87.9 Å².